The standard InChI is InChI=1S/C16H11ClF3N3OS/c17-10-1-2-12-11(5-10)9(8-25-12)6-22-13(16(18,19)20)7-23-14(24)3-4-21-15(22)23/h1-5,8,13H,6-7H2/t13-/m0/s1. The first-order valence-corrected chi connectivity index (χ1v) is 8.65. The molecule has 25 heavy (non-hydrogen) atoms. The fourth-order valence-electron chi connectivity index (χ4n) is 3.06. The largest absolute Gasteiger partial charge is 0.410 e. The first kappa shape index (κ1) is 16.4. The van der Waals surface area contributed by atoms with Crippen LogP contribution in [0, 0.1) is 0 Å². The van der Waals surface area contributed by atoms with Crippen LogP contribution in [0.2, 0.25) is 5.02 Å². The number of nitrogens with zero attached hydrogens (tertiary/aromatic N) is 3. The Labute approximate surface area is 149 Å². The molecule has 3 aromatic rings. The number of hydrogen-bond acceptors (Lipinski definition) is 4. The molecule has 0 saturated heterocycles. The average molecular weight is 386 g/mol. The summed E-state index contributed by atoms with van der Waals surface area (Å²) in [4.78, 5) is 17.1. The van der Waals surface area contributed by atoms with E-state index in [9.17, 15) is 18.0 Å². The van der Waals surface area contributed by atoms with Crippen molar-refractivity contribution < 1.29 is 13.2 Å². The predicted octanol–water partition coefficient (Wildman–Crippen LogP) is 4.06. The third-order valence-electron chi connectivity index (χ3n) is 4.24. The molecule has 0 saturated carbocycles. The third kappa shape index (κ3) is 2.79. The molecule has 0 amide bonds. The minimum absolute atomic E-state index is 0.000965. The summed E-state index contributed by atoms with van der Waals surface area (Å²) >= 11 is 7.46. The van der Waals surface area contributed by atoms with Crippen molar-refractivity contribution in [3.05, 3.63) is 56.8 Å². The second kappa shape index (κ2) is 5.74. The number of anilines is 1. The third-order valence-corrected chi connectivity index (χ3v) is 5.48. The minimum Gasteiger partial charge on any atom is -0.324 e. The molecule has 0 bridgehead atoms. The highest BCUT2D eigenvalue weighted by Gasteiger charge is 2.49. The summed E-state index contributed by atoms with van der Waals surface area (Å²) in [6, 6.07) is 4.71. The van der Waals surface area contributed by atoms with Crippen molar-refractivity contribution >= 4 is 39.0 Å². The van der Waals surface area contributed by atoms with Gasteiger partial charge in [-0.3, -0.25) is 9.36 Å². The summed E-state index contributed by atoms with van der Waals surface area (Å²) in [5.74, 6) is 0.0382. The van der Waals surface area contributed by atoms with Crippen LogP contribution in [0.1, 0.15) is 5.56 Å². The van der Waals surface area contributed by atoms with Crippen LogP contribution in [0.15, 0.2) is 40.6 Å². The molecule has 1 aliphatic rings. The second-order valence-electron chi connectivity index (χ2n) is 5.78. The molecule has 1 aromatic carbocycles. The lowest BCUT2D eigenvalue weighted by Gasteiger charge is -2.26. The van der Waals surface area contributed by atoms with Gasteiger partial charge in [0.15, 0.2) is 0 Å². The Morgan fingerprint density at radius 2 is 2.12 bits per heavy atom. The van der Waals surface area contributed by atoms with Crippen LogP contribution >= 0.6 is 22.9 Å². The van der Waals surface area contributed by atoms with Crippen LogP contribution in [0.3, 0.4) is 0 Å². The van der Waals surface area contributed by atoms with Crippen molar-refractivity contribution in [1.29, 1.82) is 0 Å². The fourth-order valence-corrected chi connectivity index (χ4v) is 4.17. The van der Waals surface area contributed by atoms with E-state index in [0.29, 0.717) is 5.02 Å². The second-order valence-corrected chi connectivity index (χ2v) is 7.13. The van der Waals surface area contributed by atoms with E-state index in [2.05, 4.69) is 4.98 Å². The molecule has 0 N–H and O–H groups in total. The quantitative estimate of drug-likeness (QED) is 0.667. The van der Waals surface area contributed by atoms with Crippen molar-refractivity contribution in [3.8, 4) is 0 Å². The highest BCUT2D eigenvalue weighted by Crippen LogP contribution is 2.37. The van der Waals surface area contributed by atoms with Gasteiger partial charge in [0, 0.05) is 28.5 Å². The predicted molar refractivity (Wildman–Crippen MR) is 91.4 cm³/mol. The molecular weight excluding hydrogens is 375 g/mol. The molecule has 0 aliphatic carbocycles. The maximum absolute atomic E-state index is 13.5. The van der Waals surface area contributed by atoms with Crippen LogP contribution in [-0.4, -0.2) is 21.8 Å². The van der Waals surface area contributed by atoms with Crippen molar-refractivity contribution in [3.63, 3.8) is 0 Å². The molecule has 0 unspecified atom stereocenters. The summed E-state index contributed by atoms with van der Waals surface area (Å²) in [6.07, 6.45) is -3.23. The average Bonchev–Trinajstić information content (AvgIpc) is 3.11. The Morgan fingerprint density at radius 1 is 1.32 bits per heavy atom. The Hall–Kier alpha value is -2.06. The van der Waals surface area contributed by atoms with Crippen molar-refractivity contribution in [2.75, 3.05) is 4.90 Å². The SMILES string of the molecule is O=c1ccnc2n1C[C@@H](C(F)(F)F)N2Cc1csc2ccc(Cl)cc12. The summed E-state index contributed by atoms with van der Waals surface area (Å²) in [5, 5.41) is 3.16. The monoisotopic (exact) mass is 385 g/mol. The molecule has 1 atom stereocenters. The molecule has 0 spiro atoms. The van der Waals surface area contributed by atoms with Crippen LogP contribution in [0.25, 0.3) is 10.1 Å². The number of halogens is 4. The first-order chi connectivity index (χ1) is 11.8. The molecule has 2 aromatic heterocycles. The van der Waals surface area contributed by atoms with E-state index in [1.165, 1.54) is 23.6 Å². The van der Waals surface area contributed by atoms with Crippen LogP contribution in [0.5, 0.6) is 0 Å². The minimum atomic E-state index is -4.47. The summed E-state index contributed by atoms with van der Waals surface area (Å²) < 4.78 is 42.5. The van der Waals surface area contributed by atoms with Gasteiger partial charge >= 0.3 is 6.18 Å². The topological polar surface area (TPSA) is 38.1 Å². The molecule has 1 aliphatic heterocycles. The zero-order valence-corrected chi connectivity index (χ0v) is 14.2. The normalized spacial score (nSPS) is 17.3. The molecule has 0 fully saturated rings. The Bertz CT molecular complexity index is 1010. The van der Waals surface area contributed by atoms with E-state index < -0.39 is 24.3 Å². The van der Waals surface area contributed by atoms with Gasteiger partial charge in [0.2, 0.25) is 5.95 Å². The van der Waals surface area contributed by atoms with Crippen LogP contribution in [0.4, 0.5) is 19.1 Å². The number of benzene rings is 1. The van der Waals surface area contributed by atoms with E-state index in [1.807, 2.05) is 11.4 Å². The summed E-state index contributed by atoms with van der Waals surface area (Å²) in [5.41, 5.74) is 0.239. The molecule has 130 valence electrons. The van der Waals surface area contributed by atoms with Gasteiger partial charge in [-0.25, -0.2) is 4.98 Å². The molecule has 9 heteroatoms. The van der Waals surface area contributed by atoms with Crippen molar-refractivity contribution in [2.24, 2.45) is 0 Å². The van der Waals surface area contributed by atoms with E-state index in [4.69, 9.17) is 11.6 Å². The number of alkyl halides is 3. The maximum atomic E-state index is 13.5. The molecular formula is C16H11ClF3N3OS. The van der Waals surface area contributed by atoms with Gasteiger partial charge in [0.1, 0.15) is 6.04 Å². The summed E-state index contributed by atoms with van der Waals surface area (Å²) in [6.45, 7) is -0.449. The Kier molecular flexibility index (Phi) is 3.77. The highest BCUT2D eigenvalue weighted by molar-refractivity contribution is 7.17. The Balaban J connectivity index is 1.80. The van der Waals surface area contributed by atoms with Gasteiger partial charge in [0.25, 0.3) is 5.56 Å². The van der Waals surface area contributed by atoms with Gasteiger partial charge in [0.05, 0.1) is 6.54 Å². The van der Waals surface area contributed by atoms with Crippen LogP contribution < -0.4 is 10.5 Å². The number of thiophene rings is 1. The van der Waals surface area contributed by atoms with Gasteiger partial charge < -0.3 is 4.90 Å². The number of hydrogen-bond donors (Lipinski definition) is 0. The van der Waals surface area contributed by atoms with E-state index in [-0.39, 0.29) is 12.5 Å². The molecule has 4 nitrogen and oxygen atoms in total. The maximum Gasteiger partial charge on any atom is 0.410 e. The van der Waals surface area contributed by atoms with Gasteiger partial charge in [-0.15, -0.1) is 11.3 Å². The van der Waals surface area contributed by atoms with E-state index in [0.717, 1.165) is 25.1 Å². The highest BCUT2D eigenvalue weighted by atomic mass is 35.5. The van der Waals surface area contributed by atoms with Crippen molar-refractivity contribution in [2.45, 2.75) is 25.3 Å². The van der Waals surface area contributed by atoms with Crippen LogP contribution in [-0.2, 0) is 13.1 Å². The zero-order chi connectivity index (χ0) is 17.8. The van der Waals surface area contributed by atoms with E-state index >= 15 is 0 Å². The lowest BCUT2D eigenvalue weighted by atomic mass is 10.1. The number of aromatic nitrogens is 2. The van der Waals surface area contributed by atoms with E-state index in [1.54, 1.807) is 12.1 Å². The van der Waals surface area contributed by atoms with Crippen molar-refractivity contribution in [1.82, 2.24) is 9.55 Å². The summed E-state index contributed by atoms with van der Waals surface area (Å²) in [7, 11) is 0. The lowest BCUT2D eigenvalue weighted by Crippen LogP contribution is -2.43. The fraction of sp³-hybridized carbons (Fsp3) is 0.250. The molecule has 0 radical (unpaired) electrons. The molecule has 4 rings (SSSR count). The Morgan fingerprint density at radius 3 is 2.88 bits per heavy atom. The zero-order valence-electron chi connectivity index (χ0n) is 12.6. The van der Waals surface area contributed by atoms with Gasteiger partial charge in [-0.1, -0.05) is 11.6 Å². The van der Waals surface area contributed by atoms with Gasteiger partial charge in [-0.2, -0.15) is 13.2 Å². The number of fused-ring (bicyclic) bond motifs is 2. The first-order valence-electron chi connectivity index (χ1n) is 7.39. The number of rotatable bonds is 2. The molecule has 3 heterocycles. The van der Waals surface area contributed by atoms with Gasteiger partial charge in [-0.05, 0) is 34.5 Å². The lowest BCUT2D eigenvalue weighted by molar-refractivity contribution is -0.149. The smallest absolute Gasteiger partial charge is 0.324 e.